The van der Waals surface area contributed by atoms with Gasteiger partial charge in [-0.05, 0) is 18.8 Å². The van der Waals surface area contributed by atoms with Crippen molar-refractivity contribution in [3.05, 3.63) is 0 Å². The number of amides is 1. The number of carbonyl (C=O) groups excluding carboxylic acids is 1. The zero-order valence-corrected chi connectivity index (χ0v) is 9.83. The molecule has 94 valence electrons. The van der Waals surface area contributed by atoms with Gasteiger partial charge in [0.15, 0.2) is 0 Å². The van der Waals surface area contributed by atoms with Crippen molar-refractivity contribution in [2.45, 2.75) is 38.7 Å². The van der Waals surface area contributed by atoms with E-state index in [0.717, 1.165) is 24.2 Å². The molecule has 16 heavy (non-hydrogen) atoms. The van der Waals surface area contributed by atoms with E-state index in [-0.39, 0.29) is 23.8 Å². The standard InChI is InChI=1S/C11H20F2N2O/c1-7-4-3-5-8(14)10(7)11(16)15(2)6-9(12)13/h7-10H,3-6,14H2,1-2H3. The van der Waals surface area contributed by atoms with E-state index >= 15 is 0 Å². The van der Waals surface area contributed by atoms with Crippen molar-refractivity contribution in [3.63, 3.8) is 0 Å². The largest absolute Gasteiger partial charge is 0.340 e. The Morgan fingerprint density at radius 3 is 2.62 bits per heavy atom. The van der Waals surface area contributed by atoms with Crippen molar-refractivity contribution >= 4 is 5.91 Å². The van der Waals surface area contributed by atoms with Crippen LogP contribution in [0.5, 0.6) is 0 Å². The normalized spacial score (nSPS) is 30.5. The minimum atomic E-state index is -2.48. The molecule has 0 spiro atoms. The van der Waals surface area contributed by atoms with Crippen LogP contribution in [-0.2, 0) is 4.79 Å². The Morgan fingerprint density at radius 2 is 2.12 bits per heavy atom. The molecule has 3 unspecified atom stereocenters. The molecule has 1 aliphatic rings. The third-order valence-corrected chi connectivity index (χ3v) is 3.34. The topological polar surface area (TPSA) is 46.3 Å². The number of halogens is 2. The highest BCUT2D eigenvalue weighted by Crippen LogP contribution is 2.30. The molecule has 0 aliphatic heterocycles. The number of hydrogen-bond donors (Lipinski definition) is 1. The van der Waals surface area contributed by atoms with Crippen LogP contribution < -0.4 is 5.73 Å². The van der Waals surface area contributed by atoms with Crippen LogP contribution in [0.1, 0.15) is 26.2 Å². The van der Waals surface area contributed by atoms with E-state index in [0.29, 0.717) is 0 Å². The summed E-state index contributed by atoms with van der Waals surface area (Å²) in [7, 11) is 1.42. The van der Waals surface area contributed by atoms with Gasteiger partial charge in [-0.3, -0.25) is 4.79 Å². The summed E-state index contributed by atoms with van der Waals surface area (Å²) in [4.78, 5) is 13.1. The maximum Gasteiger partial charge on any atom is 0.255 e. The summed E-state index contributed by atoms with van der Waals surface area (Å²) in [5, 5.41) is 0. The van der Waals surface area contributed by atoms with E-state index in [4.69, 9.17) is 5.73 Å². The first-order chi connectivity index (χ1) is 7.43. The highest BCUT2D eigenvalue weighted by atomic mass is 19.3. The van der Waals surface area contributed by atoms with Crippen LogP contribution in [-0.4, -0.2) is 36.9 Å². The number of nitrogens with two attached hydrogens (primary N) is 1. The Balaban J connectivity index is 2.63. The Labute approximate surface area is 95.0 Å². The fraction of sp³-hybridized carbons (Fsp3) is 0.909. The quantitative estimate of drug-likeness (QED) is 0.804. The molecule has 1 saturated carbocycles. The summed E-state index contributed by atoms with van der Waals surface area (Å²) in [6.45, 7) is 1.46. The molecule has 5 heteroatoms. The second-order valence-corrected chi connectivity index (χ2v) is 4.71. The molecule has 0 saturated heterocycles. The molecule has 0 heterocycles. The first kappa shape index (κ1) is 13.4. The van der Waals surface area contributed by atoms with E-state index in [1.54, 1.807) is 0 Å². The van der Waals surface area contributed by atoms with E-state index in [1.807, 2.05) is 6.92 Å². The summed E-state index contributed by atoms with van der Waals surface area (Å²) in [6, 6.07) is -0.184. The van der Waals surface area contributed by atoms with Crippen LogP contribution in [0.15, 0.2) is 0 Å². The van der Waals surface area contributed by atoms with Gasteiger partial charge in [-0.15, -0.1) is 0 Å². The van der Waals surface area contributed by atoms with Gasteiger partial charge in [0.2, 0.25) is 5.91 Å². The molecule has 3 atom stereocenters. The summed E-state index contributed by atoms with van der Waals surface area (Å²) in [5.74, 6) is -0.339. The molecule has 1 rings (SSSR count). The molecule has 0 aromatic rings. The van der Waals surface area contributed by atoms with Crippen LogP contribution in [0.4, 0.5) is 8.78 Å². The average Bonchev–Trinajstić information content (AvgIpc) is 2.16. The Bertz CT molecular complexity index is 238. The zero-order chi connectivity index (χ0) is 12.3. The molecule has 0 aromatic heterocycles. The highest BCUT2D eigenvalue weighted by molar-refractivity contribution is 5.79. The van der Waals surface area contributed by atoms with Crippen molar-refractivity contribution in [1.82, 2.24) is 4.90 Å². The first-order valence-corrected chi connectivity index (χ1v) is 5.72. The predicted octanol–water partition coefficient (Wildman–Crippen LogP) is 1.47. The van der Waals surface area contributed by atoms with Gasteiger partial charge in [-0.2, -0.15) is 0 Å². The Kier molecular flexibility index (Phi) is 4.65. The van der Waals surface area contributed by atoms with Crippen LogP contribution in [0, 0.1) is 11.8 Å². The maximum atomic E-state index is 12.2. The fourth-order valence-electron chi connectivity index (χ4n) is 2.43. The van der Waals surface area contributed by atoms with Crippen molar-refractivity contribution in [1.29, 1.82) is 0 Å². The lowest BCUT2D eigenvalue weighted by Gasteiger charge is -2.35. The lowest BCUT2D eigenvalue weighted by Crippen LogP contribution is -2.48. The van der Waals surface area contributed by atoms with Gasteiger partial charge in [-0.25, -0.2) is 8.78 Å². The lowest BCUT2D eigenvalue weighted by molar-refractivity contribution is -0.139. The molecule has 2 N–H and O–H groups in total. The lowest BCUT2D eigenvalue weighted by atomic mass is 9.76. The third-order valence-electron chi connectivity index (χ3n) is 3.34. The summed E-state index contributed by atoms with van der Waals surface area (Å²) < 4.78 is 24.4. The molecule has 3 nitrogen and oxygen atoms in total. The van der Waals surface area contributed by atoms with Crippen molar-refractivity contribution in [2.24, 2.45) is 17.6 Å². The molecular weight excluding hydrogens is 214 g/mol. The average molecular weight is 234 g/mol. The van der Waals surface area contributed by atoms with Gasteiger partial charge >= 0.3 is 0 Å². The third kappa shape index (κ3) is 3.14. The Morgan fingerprint density at radius 1 is 1.50 bits per heavy atom. The predicted molar refractivity (Wildman–Crippen MR) is 58.1 cm³/mol. The van der Waals surface area contributed by atoms with Crippen molar-refractivity contribution in [3.8, 4) is 0 Å². The summed E-state index contributed by atoms with van der Waals surface area (Å²) in [6.07, 6.45) is 0.296. The maximum absolute atomic E-state index is 12.2. The van der Waals surface area contributed by atoms with E-state index < -0.39 is 13.0 Å². The van der Waals surface area contributed by atoms with Gasteiger partial charge in [-0.1, -0.05) is 13.3 Å². The molecule has 1 aliphatic carbocycles. The number of rotatable bonds is 3. The van der Waals surface area contributed by atoms with Crippen LogP contribution in [0.2, 0.25) is 0 Å². The molecule has 0 radical (unpaired) electrons. The zero-order valence-electron chi connectivity index (χ0n) is 9.83. The molecule has 1 amide bonds. The van der Waals surface area contributed by atoms with E-state index in [2.05, 4.69) is 0 Å². The number of hydrogen-bond acceptors (Lipinski definition) is 2. The molecule has 1 fully saturated rings. The van der Waals surface area contributed by atoms with Gasteiger partial charge in [0.1, 0.15) is 0 Å². The first-order valence-electron chi connectivity index (χ1n) is 5.72. The summed E-state index contributed by atoms with van der Waals surface area (Å²) >= 11 is 0. The molecular formula is C11H20F2N2O. The minimum absolute atomic E-state index is 0.184. The van der Waals surface area contributed by atoms with Crippen molar-refractivity contribution < 1.29 is 13.6 Å². The van der Waals surface area contributed by atoms with Crippen LogP contribution in [0.25, 0.3) is 0 Å². The summed E-state index contributed by atoms with van der Waals surface area (Å²) in [5.41, 5.74) is 5.90. The number of alkyl halides is 2. The monoisotopic (exact) mass is 234 g/mol. The SMILES string of the molecule is CC1CCCC(N)C1C(=O)N(C)CC(F)F. The second-order valence-electron chi connectivity index (χ2n) is 4.71. The van der Waals surface area contributed by atoms with E-state index in [1.165, 1.54) is 7.05 Å². The molecule has 0 bridgehead atoms. The van der Waals surface area contributed by atoms with Gasteiger partial charge < -0.3 is 10.6 Å². The fourth-order valence-corrected chi connectivity index (χ4v) is 2.43. The number of carbonyl (C=O) groups is 1. The minimum Gasteiger partial charge on any atom is -0.340 e. The van der Waals surface area contributed by atoms with Gasteiger partial charge in [0.05, 0.1) is 12.5 Å². The van der Waals surface area contributed by atoms with Gasteiger partial charge in [0, 0.05) is 13.1 Å². The Hall–Kier alpha value is -0.710. The number of nitrogens with zero attached hydrogens (tertiary/aromatic N) is 1. The van der Waals surface area contributed by atoms with Crippen molar-refractivity contribution in [2.75, 3.05) is 13.6 Å². The van der Waals surface area contributed by atoms with Crippen LogP contribution in [0.3, 0.4) is 0 Å². The van der Waals surface area contributed by atoms with E-state index in [9.17, 15) is 13.6 Å². The second kappa shape index (κ2) is 5.57. The molecule has 0 aromatic carbocycles. The van der Waals surface area contributed by atoms with Gasteiger partial charge in [0.25, 0.3) is 6.43 Å². The van der Waals surface area contributed by atoms with Crippen LogP contribution >= 0.6 is 0 Å². The smallest absolute Gasteiger partial charge is 0.255 e. The highest BCUT2D eigenvalue weighted by Gasteiger charge is 2.35.